The second-order valence-corrected chi connectivity index (χ2v) is 8.47. The molecule has 0 radical (unpaired) electrons. The molecule has 2 N–H and O–H groups in total. The third kappa shape index (κ3) is 8.49. The summed E-state index contributed by atoms with van der Waals surface area (Å²) in [5.41, 5.74) is 2.72. The highest BCUT2D eigenvalue weighted by molar-refractivity contribution is 6.06. The molecule has 0 fully saturated rings. The van der Waals surface area contributed by atoms with Gasteiger partial charge in [0, 0.05) is 29.7 Å². The van der Waals surface area contributed by atoms with E-state index < -0.39 is 0 Å². The van der Waals surface area contributed by atoms with Crippen molar-refractivity contribution in [3.63, 3.8) is 0 Å². The zero-order chi connectivity index (χ0) is 24.9. The van der Waals surface area contributed by atoms with Crippen LogP contribution >= 0.6 is 0 Å². The number of ether oxygens (including phenoxy) is 1. The lowest BCUT2D eigenvalue weighted by molar-refractivity contribution is -0.114. The van der Waals surface area contributed by atoms with E-state index in [9.17, 15) is 9.59 Å². The molecule has 184 valence electrons. The minimum absolute atomic E-state index is 0.111. The SMILES string of the molecule is CCCCCCCOc1ccc(NCC(=O)Nc2cccc(C(=O)N(C)c3ccccc3)c2)cc1. The first-order chi connectivity index (χ1) is 17.1. The third-order valence-corrected chi connectivity index (χ3v) is 5.67. The smallest absolute Gasteiger partial charge is 0.258 e. The number of benzene rings is 3. The number of amides is 2. The van der Waals surface area contributed by atoms with E-state index in [4.69, 9.17) is 4.74 Å². The molecule has 0 saturated heterocycles. The van der Waals surface area contributed by atoms with E-state index in [2.05, 4.69) is 17.6 Å². The number of carbonyl (C=O) groups is 2. The fourth-order valence-corrected chi connectivity index (χ4v) is 3.64. The number of anilines is 3. The van der Waals surface area contributed by atoms with E-state index in [-0.39, 0.29) is 18.4 Å². The van der Waals surface area contributed by atoms with Gasteiger partial charge in [-0.25, -0.2) is 0 Å². The van der Waals surface area contributed by atoms with Gasteiger partial charge in [-0.1, -0.05) is 56.9 Å². The van der Waals surface area contributed by atoms with Crippen molar-refractivity contribution in [3.8, 4) is 5.75 Å². The molecule has 0 aromatic heterocycles. The Bertz CT molecular complexity index is 1070. The summed E-state index contributed by atoms with van der Waals surface area (Å²) >= 11 is 0. The van der Waals surface area contributed by atoms with Crippen molar-refractivity contribution in [2.75, 3.05) is 35.7 Å². The molecule has 3 aromatic rings. The van der Waals surface area contributed by atoms with Gasteiger partial charge in [-0.3, -0.25) is 9.59 Å². The van der Waals surface area contributed by atoms with Crippen molar-refractivity contribution in [3.05, 3.63) is 84.4 Å². The summed E-state index contributed by atoms with van der Waals surface area (Å²) in [6, 6.07) is 24.0. The summed E-state index contributed by atoms with van der Waals surface area (Å²) in [4.78, 5) is 26.9. The van der Waals surface area contributed by atoms with Gasteiger partial charge in [0.1, 0.15) is 5.75 Å². The Hall–Kier alpha value is -3.80. The number of unbranched alkanes of at least 4 members (excludes halogenated alkanes) is 4. The van der Waals surface area contributed by atoms with Crippen molar-refractivity contribution in [2.45, 2.75) is 39.0 Å². The van der Waals surface area contributed by atoms with Crippen LogP contribution < -0.4 is 20.3 Å². The quantitative estimate of drug-likeness (QED) is 0.283. The molecule has 0 atom stereocenters. The molecular formula is C29H35N3O3. The highest BCUT2D eigenvalue weighted by Crippen LogP contribution is 2.18. The second kappa shape index (κ2) is 13.8. The van der Waals surface area contributed by atoms with Gasteiger partial charge in [-0.05, 0) is 61.0 Å². The van der Waals surface area contributed by atoms with Crippen LogP contribution in [0, 0.1) is 0 Å². The molecule has 3 aromatic carbocycles. The maximum Gasteiger partial charge on any atom is 0.258 e. The highest BCUT2D eigenvalue weighted by atomic mass is 16.5. The Morgan fingerprint density at radius 2 is 1.57 bits per heavy atom. The summed E-state index contributed by atoms with van der Waals surface area (Å²) in [5, 5.41) is 5.97. The van der Waals surface area contributed by atoms with Crippen molar-refractivity contribution in [2.24, 2.45) is 0 Å². The number of para-hydroxylation sites is 1. The first-order valence-corrected chi connectivity index (χ1v) is 12.3. The minimum atomic E-state index is -0.196. The maximum absolute atomic E-state index is 12.8. The number of carbonyl (C=O) groups excluding carboxylic acids is 2. The predicted octanol–water partition coefficient (Wildman–Crippen LogP) is 6.36. The first-order valence-electron chi connectivity index (χ1n) is 12.3. The lowest BCUT2D eigenvalue weighted by Crippen LogP contribution is -2.26. The number of hydrogen-bond acceptors (Lipinski definition) is 4. The van der Waals surface area contributed by atoms with Crippen LogP contribution in [0.2, 0.25) is 0 Å². The van der Waals surface area contributed by atoms with Crippen molar-refractivity contribution >= 4 is 28.9 Å². The van der Waals surface area contributed by atoms with Gasteiger partial charge < -0.3 is 20.3 Å². The van der Waals surface area contributed by atoms with Crippen molar-refractivity contribution in [1.29, 1.82) is 0 Å². The number of rotatable bonds is 13. The van der Waals surface area contributed by atoms with E-state index in [1.807, 2.05) is 54.6 Å². The highest BCUT2D eigenvalue weighted by Gasteiger charge is 2.14. The average Bonchev–Trinajstić information content (AvgIpc) is 2.90. The van der Waals surface area contributed by atoms with E-state index in [1.54, 1.807) is 36.2 Å². The average molecular weight is 474 g/mol. The lowest BCUT2D eigenvalue weighted by atomic mass is 10.1. The molecule has 2 amide bonds. The van der Waals surface area contributed by atoms with Gasteiger partial charge in [0.15, 0.2) is 0 Å². The van der Waals surface area contributed by atoms with Crippen LogP contribution in [0.5, 0.6) is 5.75 Å². The summed E-state index contributed by atoms with van der Waals surface area (Å²) in [6.07, 6.45) is 6.05. The van der Waals surface area contributed by atoms with Gasteiger partial charge >= 0.3 is 0 Å². The molecule has 0 bridgehead atoms. The summed E-state index contributed by atoms with van der Waals surface area (Å²) in [7, 11) is 1.73. The summed E-state index contributed by atoms with van der Waals surface area (Å²) in [6.45, 7) is 3.05. The molecule has 0 saturated carbocycles. The molecule has 6 heteroatoms. The van der Waals surface area contributed by atoms with Crippen LogP contribution in [0.15, 0.2) is 78.9 Å². The molecule has 0 aliphatic rings. The number of hydrogen-bond donors (Lipinski definition) is 2. The van der Waals surface area contributed by atoms with E-state index in [0.29, 0.717) is 11.3 Å². The van der Waals surface area contributed by atoms with Gasteiger partial charge in [0.25, 0.3) is 5.91 Å². The Kier molecular flexibility index (Phi) is 10.2. The fraction of sp³-hybridized carbons (Fsp3) is 0.310. The molecule has 0 aliphatic carbocycles. The van der Waals surface area contributed by atoms with Crippen LogP contribution in [0.1, 0.15) is 49.4 Å². The Labute approximate surface area is 208 Å². The van der Waals surface area contributed by atoms with E-state index in [0.717, 1.165) is 30.2 Å². The van der Waals surface area contributed by atoms with Crippen LogP contribution in [0.3, 0.4) is 0 Å². The molecule has 3 rings (SSSR count). The van der Waals surface area contributed by atoms with Gasteiger partial charge in [0.05, 0.1) is 13.2 Å². The van der Waals surface area contributed by atoms with E-state index >= 15 is 0 Å². The molecule has 6 nitrogen and oxygen atoms in total. The summed E-state index contributed by atoms with van der Waals surface area (Å²) < 4.78 is 5.78. The van der Waals surface area contributed by atoms with Gasteiger partial charge in [0.2, 0.25) is 5.91 Å². The molecule has 0 unspecified atom stereocenters. The van der Waals surface area contributed by atoms with Crippen molar-refractivity contribution in [1.82, 2.24) is 0 Å². The molecule has 0 spiro atoms. The number of nitrogens with zero attached hydrogens (tertiary/aromatic N) is 1. The van der Waals surface area contributed by atoms with Crippen LogP contribution in [0.4, 0.5) is 17.1 Å². The largest absolute Gasteiger partial charge is 0.494 e. The van der Waals surface area contributed by atoms with Crippen LogP contribution in [-0.2, 0) is 4.79 Å². The topological polar surface area (TPSA) is 70.7 Å². The predicted molar refractivity (Wildman–Crippen MR) is 143 cm³/mol. The zero-order valence-corrected chi connectivity index (χ0v) is 20.6. The van der Waals surface area contributed by atoms with Gasteiger partial charge in [-0.15, -0.1) is 0 Å². The Morgan fingerprint density at radius 3 is 2.31 bits per heavy atom. The Morgan fingerprint density at radius 1 is 0.829 bits per heavy atom. The molecule has 0 heterocycles. The van der Waals surface area contributed by atoms with Crippen molar-refractivity contribution < 1.29 is 14.3 Å². The minimum Gasteiger partial charge on any atom is -0.494 e. The zero-order valence-electron chi connectivity index (χ0n) is 20.6. The Balaban J connectivity index is 1.45. The monoisotopic (exact) mass is 473 g/mol. The maximum atomic E-state index is 12.8. The normalized spacial score (nSPS) is 10.5. The standard InChI is InChI=1S/C29H35N3O3/c1-3-4-5-6-10-20-35-27-18-16-24(17-19-27)30-22-28(33)31-25-13-11-12-23(21-25)29(34)32(2)26-14-8-7-9-15-26/h7-9,11-19,21,30H,3-6,10,20,22H2,1-2H3,(H,31,33). The van der Waals surface area contributed by atoms with Gasteiger partial charge in [-0.2, -0.15) is 0 Å². The number of nitrogens with one attached hydrogen (secondary N) is 2. The fourth-order valence-electron chi connectivity index (χ4n) is 3.64. The molecule has 0 aliphatic heterocycles. The van der Waals surface area contributed by atoms with Crippen LogP contribution in [0.25, 0.3) is 0 Å². The second-order valence-electron chi connectivity index (χ2n) is 8.47. The summed E-state index contributed by atoms with van der Waals surface area (Å²) in [5.74, 6) is 0.490. The molecule has 35 heavy (non-hydrogen) atoms. The molecular weight excluding hydrogens is 438 g/mol. The third-order valence-electron chi connectivity index (χ3n) is 5.67. The first kappa shape index (κ1) is 25.8. The lowest BCUT2D eigenvalue weighted by Gasteiger charge is -2.17. The van der Waals surface area contributed by atoms with Crippen LogP contribution in [-0.4, -0.2) is 32.0 Å². The van der Waals surface area contributed by atoms with E-state index in [1.165, 1.54) is 25.7 Å².